The van der Waals surface area contributed by atoms with Gasteiger partial charge in [-0.05, 0) is 67.7 Å². The van der Waals surface area contributed by atoms with Crippen LogP contribution in [-0.2, 0) is 20.8 Å². The molecule has 160 valence electrons. The summed E-state index contributed by atoms with van der Waals surface area (Å²) >= 11 is 0. The molecule has 2 saturated carbocycles. The van der Waals surface area contributed by atoms with Crippen LogP contribution >= 0.6 is 0 Å². The molecule has 2 bridgehead atoms. The molecule has 5 rings (SSSR count). The summed E-state index contributed by atoms with van der Waals surface area (Å²) in [6.07, 6.45) is 3.25. The van der Waals surface area contributed by atoms with Gasteiger partial charge in [0.25, 0.3) is 0 Å². The zero-order valence-corrected chi connectivity index (χ0v) is 17.9. The number of hydrogen-bond acceptors (Lipinski definition) is 4. The van der Waals surface area contributed by atoms with Gasteiger partial charge in [-0.15, -0.1) is 0 Å². The van der Waals surface area contributed by atoms with E-state index in [4.69, 9.17) is 4.74 Å². The Hall–Kier alpha value is -2.95. The van der Waals surface area contributed by atoms with Gasteiger partial charge in [0.05, 0.1) is 11.8 Å². The minimum Gasteiger partial charge on any atom is -0.425 e. The van der Waals surface area contributed by atoms with E-state index < -0.39 is 12.0 Å². The molecule has 3 fully saturated rings. The number of hydrogen-bond donors (Lipinski definition) is 0. The van der Waals surface area contributed by atoms with Gasteiger partial charge in [-0.25, -0.2) is 4.79 Å². The first-order chi connectivity index (χ1) is 15.0. The molecule has 1 heterocycles. The Morgan fingerprint density at radius 2 is 1.61 bits per heavy atom. The number of nitrogens with zero attached hydrogens (tertiary/aromatic N) is 1. The molecular weight excluding hydrogens is 390 g/mol. The lowest BCUT2D eigenvalue weighted by Crippen LogP contribution is -2.49. The van der Waals surface area contributed by atoms with E-state index >= 15 is 0 Å². The fraction of sp³-hybridized carbons (Fsp3) is 0.423. The standard InChI is InChI=1S/C26H27NO4/c1-15-7-6-10-21(16(15)2)31-26(30)20(13-17-8-4-3-5-9-17)27-24(28)22-18-11-12-19(14-18)23(22)25(27)29/h3-10,18-20,22-23H,11-14H2,1-2H3/t18-,19+,20-,22+,23-/m0/s1. The molecule has 0 radical (unpaired) electrons. The van der Waals surface area contributed by atoms with Crippen molar-refractivity contribution in [2.75, 3.05) is 0 Å². The average Bonchev–Trinajstić information content (AvgIpc) is 3.45. The maximum absolute atomic E-state index is 13.4. The monoisotopic (exact) mass is 417 g/mol. The lowest BCUT2D eigenvalue weighted by atomic mass is 9.81. The molecule has 31 heavy (non-hydrogen) atoms. The molecule has 2 amide bonds. The Morgan fingerprint density at radius 1 is 0.968 bits per heavy atom. The zero-order chi connectivity index (χ0) is 21.7. The number of esters is 1. The van der Waals surface area contributed by atoms with E-state index in [0.717, 1.165) is 36.0 Å². The van der Waals surface area contributed by atoms with Crippen molar-refractivity contribution in [3.63, 3.8) is 0 Å². The van der Waals surface area contributed by atoms with Crippen LogP contribution in [0.25, 0.3) is 0 Å². The van der Waals surface area contributed by atoms with Crippen LogP contribution in [0.5, 0.6) is 5.75 Å². The first kappa shape index (κ1) is 20.0. The molecule has 0 N–H and O–H groups in total. The number of amides is 2. The second-order valence-electron chi connectivity index (χ2n) is 9.26. The van der Waals surface area contributed by atoms with Gasteiger partial charge in [0.15, 0.2) is 0 Å². The molecule has 2 aliphatic carbocycles. The molecule has 1 saturated heterocycles. The van der Waals surface area contributed by atoms with Crippen LogP contribution in [-0.4, -0.2) is 28.7 Å². The van der Waals surface area contributed by atoms with E-state index in [1.165, 1.54) is 4.90 Å². The number of fused-ring (bicyclic) bond motifs is 5. The summed E-state index contributed by atoms with van der Waals surface area (Å²) in [5, 5.41) is 0. The SMILES string of the molecule is Cc1cccc(OC(=O)[C@H](Cc2ccccc2)N2C(=O)[C@@H]3[C@H]4CC[C@H](C4)[C@@H]3C2=O)c1C. The van der Waals surface area contributed by atoms with Crippen LogP contribution in [0.2, 0.25) is 0 Å². The summed E-state index contributed by atoms with van der Waals surface area (Å²) in [7, 11) is 0. The second-order valence-corrected chi connectivity index (χ2v) is 9.26. The first-order valence-corrected chi connectivity index (χ1v) is 11.1. The molecule has 2 aromatic carbocycles. The van der Waals surface area contributed by atoms with Crippen molar-refractivity contribution in [3.8, 4) is 5.75 Å². The number of ether oxygens (including phenoxy) is 1. The van der Waals surface area contributed by atoms with Crippen molar-refractivity contribution in [1.29, 1.82) is 0 Å². The van der Waals surface area contributed by atoms with Crippen molar-refractivity contribution in [3.05, 3.63) is 65.2 Å². The quantitative estimate of drug-likeness (QED) is 0.421. The van der Waals surface area contributed by atoms with Crippen molar-refractivity contribution in [2.45, 2.75) is 45.6 Å². The van der Waals surface area contributed by atoms with E-state index in [1.807, 2.05) is 56.3 Å². The number of benzene rings is 2. The molecule has 0 aromatic heterocycles. The second kappa shape index (κ2) is 7.63. The molecule has 1 aliphatic heterocycles. The number of carbonyl (C=O) groups is 3. The van der Waals surface area contributed by atoms with Crippen LogP contribution in [0.4, 0.5) is 0 Å². The van der Waals surface area contributed by atoms with Gasteiger partial charge >= 0.3 is 5.97 Å². The lowest BCUT2D eigenvalue weighted by Gasteiger charge is -2.26. The van der Waals surface area contributed by atoms with E-state index in [-0.39, 0.29) is 41.9 Å². The van der Waals surface area contributed by atoms with E-state index in [2.05, 4.69) is 0 Å². The maximum Gasteiger partial charge on any atom is 0.335 e. The average molecular weight is 418 g/mol. The van der Waals surface area contributed by atoms with Gasteiger partial charge in [-0.3, -0.25) is 14.5 Å². The minimum atomic E-state index is -0.952. The predicted octanol–water partition coefficient (Wildman–Crippen LogP) is 3.85. The number of aryl methyl sites for hydroxylation is 1. The molecule has 5 atom stereocenters. The molecule has 0 spiro atoms. The highest BCUT2D eigenvalue weighted by Crippen LogP contribution is 2.56. The molecule has 0 unspecified atom stereocenters. The summed E-state index contributed by atoms with van der Waals surface area (Å²) in [4.78, 5) is 41.4. The third-order valence-electron chi connectivity index (χ3n) is 7.58. The van der Waals surface area contributed by atoms with Gasteiger partial charge in [0.2, 0.25) is 11.8 Å². The van der Waals surface area contributed by atoms with Crippen LogP contribution in [0.1, 0.15) is 36.0 Å². The highest BCUT2D eigenvalue weighted by molar-refractivity contribution is 6.08. The maximum atomic E-state index is 13.4. The summed E-state index contributed by atoms with van der Waals surface area (Å²) in [6, 6.07) is 14.1. The van der Waals surface area contributed by atoms with E-state index in [0.29, 0.717) is 5.75 Å². The number of likely N-dealkylation sites (tertiary alicyclic amines) is 1. The van der Waals surface area contributed by atoms with Crippen LogP contribution in [0, 0.1) is 37.5 Å². The largest absolute Gasteiger partial charge is 0.425 e. The zero-order valence-electron chi connectivity index (χ0n) is 17.9. The Morgan fingerprint density at radius 3 is 2.26 bits per heavy atom. The van der Waals surface area contributed by atoms with Gasteiger partial charge in [-0.2, -0.15) is 0 Å². The molecular formula is C26H27NO4. The van der Waals surface area contributed by atoms with E-state index in [1.54, 1.807) is 6.07 Å². The Labute approximate surface area is 182 Å². The smallest absolute Gasteiger partial charge is 0.335 e. The Kier molecular flexibility index (Phi) is 4.92. The molecule has 3 aliphatic rings. The van der Waals surface area contributed by atoms with Gasteiger partial charge in [-0.1, -0.05) is 42.5 Å². The van der Waals surface area contributed by atoms with Crippen molar-refractivity contribution >= 4 is 17.8 Å². The van der Waals surface area contributed by atoms with Gasteiger partial charge in [0, 0.05) is 6.42 Å². The third kappa shape index (κ3) is 3.27. The van der Waals surface area contributed by atoms with Crippen LogP contribution in [0.3, 0.4) is 0 Å². The molecule has 5 heteroatoms. The van der Waals surface area contributed by atoms with Crippen LogP contribution < -0.4 is 4.74 Å². The summed E-state index contributed by atoms with van der Waals surface area (Å²) in [5.74, 6) is -0.375. The van der Waals surface area contributed by atoms with Gasteiger partial charge < -0.3 is 4.74 Å². The van der Waals surface area contributed by atoms with Crippen molar-refractivity contribution < 1.29 is 19.1 Å². The highest BCUT2D eigenvalue weighted by atomic mass is 16.5. The minimum absolute atomic E-state index is 0.180. The predicted molar refractivity (Wildman–Crippen MR) is 115 cm³/mol. The summed E-state index contributed by atoms with van der Waals surface area (Å²) in [5.41, 5.74) is 2.79. The Balaban J connectivity index is 1.47. The molecule has 2 aromatic rings. The third-order valence-corrected chi connectivity index (χ3v) is 7.58. The molecule has 5 nitrogen and oxygen atoms in total. The fourth-order valence-corrected chi connectivity index (χ4v) is 5.87. The van der Waals surface area contributed by atoms with Crippen molar-refractivity contribution in [1.82, 2.24) is 4.90 Å². The lowest BCUT2D eigenvalue weighted by molar-refractivity contribution is -0.154. The normalized spacial score (nSPS) is 27.5. The number of rotatable bonds is 5. The Bertz CT molecular complexity index is 1020. The fourth-order valence-electron chi connectivity index (χ4n) is 5.87. The summed E-state index contributed by atoms with van der Waals surface area (Å²) < 4.78 is 5.78. The topological polar surface area (TPSA) is 63.7 Å². The number of carbonyl (C=O) groups excluding carboxylic acids is 3. The highest BCUT2D eigenvalue weighted by Gasteiger charge is 2.62. The number of imide groups is 1. The summed E-state index contributed by atoms with van der Waals surface area (Å²) in [6.45, 7) is 3.86. The van der Waals surface area contributed by atoms with Gasteiger partial charge in [0.1, 0.15) is 11.8 Å². The van der Waals surface area contributed by atoms with Crippen molar-refractivity contribution in [2.24, 2.45) is 23.7 Å². The van der Waals surface area contributed by atoms with E-state index in [9.17, 15) is 14.4 Å². The first-order valence-electron chi connectivity index (χ1n) is 11.1. The van der Waals surface area contributed by atoms with Crippen LogP contribution in [0.15, 0.2) is 48.5 Å².